The molecule has 27 heavy (non-hydrogen) atoms. The summed E-state index contributed by atoms with van der Waals surface area (Å²) in [5.41, 5.74) is 8.00. The molecule has 0 aliphatic heterocycles. The minimum atomic E-state index is 0.0259. The smallest absolute Gasteiger partial charge is 0.227 e. The monoisotopic (exact) mass is 389 g/mol. The Hall–Kier alpha value is -1.59. The van der Waals surface area contributed by atoms with E-state index in [-0.39, 0.29) is 35.7 Å². The molecule has 2 amide bonds. The third-order valence-corrected chi connectivity index (χ3v) is 6.36. The summed E-state index contributed by atoms with van der Waals surface area (Å²) in [6.07, 6.45) is 8.04. The van der Waals surface area contributed by atoms with Crippen molar-refractivity contribution in [1.82, 2.24) is 4.90 Å². The van der Waals surface area contributed by atoms with E-state index in [9.17, 15) is 9.59 Å². The van der Waals surface area contributed by atoms with Crippen molar-refractivity contribution in [3.05, 3.63) is 28.8 Å². The van der Waals surface area contributed by atoms with Crippen molar-refractivity contribution in [3.8, 4) is 0 Å². The zero-order chi connectivity index (χ0) is 19.0. The van der Waals surface area contributed by atoms with Gasteiger partial charge in [0.2, 0.25) is 11.8 Å². The minimum absolute atomic E-state index is 0.0259. The van der Waals surface area contributed by atoms with Crippen LogP contribution < -0.4 is 11.1 Å². The first-order chi connectivity index (χ1) is 13.0. The van der Waals surface area contributed by atoms with Crippen LogP contribution in [-0.2, 0) is 16.1 Å². The number of carbonyl (C=O) groups excluding carboxylic acids is 2. The van der Waals surface area contributed by atoms with E-state index in [4.69, 9.17) is 17.3 Å². The number of benzene rings is 1. The highest BCUT2D eigenvalue weighted by molar-refractivity contribution is 6.31. The number of nitrogens with one attached hydrogen (secondary N) is 1. The molecular formula is C21H28ClN3O2. The van der Waals surface area contributed by atoms with Crippen molar-refractivity contribution in [2.45, 2.75) is 70.0 Å². The van der Waals surface area contributed by atoms with Crippen LogP contribution in [0, 0.1) is 11.8 Å². The predicted octanol–water partition coefficient (Wildman–Crippen LogP) is 3.70. The van der Waals surface area contributed by atoms with Gasteiger partial charge in [0.05, 0.1) is 0 Å². The third kappa shape index (κ3) is 4.46. The number of anilines is 1. The van der Waals surface area contributed by atoms with Gasteiger partial charge < -0.3 is 16.0 Å². The van der Waals surface area contributed by atoms with Crippen LogP contribution in [0.25, 0.3) is 0 Å². The first-order valence-electron chi connectivity index (χ1n) is 10.2. The average molecular weight is 390 g/mol. The summed E-state index contributed by atoms with van der Waals surface area (Å²) in [5.74, 6) is 0.581. The number of rotatable bonds is 6. The van der Waals surface area contributed by atoms with Gasteiger partial charge in [0, 0.05) is 41.2 Å². The normalized spacial score (nSPS) is 25.1. The fourth-order valence-corrected chi connectivity index (χ4v) is 4.17. The molecule has 3 fully saturated rings. The Morgan fingerprint density at radius 3 is 2.44 bits per heavy atom. The maximum Gasteiger partial charge on any atom is 0.227 e. The van der Waals surface area contributed by atoms with Crippen LogP contribution >= 0.6 is 11.6 Å². The lowest BCUT2D eigenvalue weighted by Crippen LogP contribution is -2.52. The Balaban J connectivity index is 1.54. The maximum atomic E-state index is 13.0. The van der Waals surface area contributed by atoms with Gasteiger partial charge in [0.25, 0.3) is 0 Å². The van der Waals surface area contributed by atoms with Crippen molar-refractivity contribution in [3.63, 3.8) is 0 Å². The molecule has 4 rings (SSSR count). The summed E-state index contributed by atoms with van der Waals surface area (Å²) in [4.78, 5) is 27.0. The molecule has 0 saturated heterocycles. The molecule has 2 unspecified atom stereocenters. The molecule has 146 valence electrons. The number of nitrogens with zero attached hydrogens (tertiary/aromatic N) is 1. The highest BCUT2D eigenvalue weighted by atomic mass is 35.5. The summed E-state index contributed by atoms with van der Waals surface area (Å²) in [6, 6.07) is 5.64. The molecule has 0 bridgehead atoms. The lowest BCUT2D eigenvalue weighted by Gasteiger charge is -2.39. The molecule has 1 aromatic rings. The van der Waals surface area contributed by atoms with E-state index in [2.05, 4.69) is 5.32 Å². The van der Waals surface area contributed by atoms with Gasteiger partial charge in [0.1, 0.15) is 0 Å². The number of nitrogens with two attached hydrogens (primary N) is 1. The first kappa shape index (κ1) is 18.8. The summed E-state index contributed by atoms with van der Waals surface area (Å²) < 4.78 is 0. The molecule has 0 spiro atoms. The van der Waals surface area contributed by atoms with E-state index in [1.54, 1.807) is 6.07 Å². The Morgan fingerprint density at radius 2 is 1.78 bits per heavy atom. The zero-order valence-corrected chi connectivity index (χ0v) is 16.4. The van der Waals surface area contributed by atoms with E-state index in [0.717, 1.165) is 62.6 Å². The molecule has 2 atom stereocenters. The zero-order valence-electron chi connectivity index (χ0n) is 15.6. The number of amides is 2. The van der Waals surface area contributed by atoms with Crippen LogP contribution in [0.3, 0.4) is 0 Å². The lowest BCUT2D eigenvalue weighted by molar-refractivity contribution is -0.136. The molecule has 3 N–H and O–H groups in total. The van der Waals surface area contributed by atoms with Gasteiger partial charge in [-0.15, -0.1) is 0 Å². The van der Waals surface area contributed by atoms with Gasteiger partial charge in [0.15, 0.2) is 0 Å². The Morgan fingerprint density at radius 1 is 1.07 bits per heavy atom. The summed E-state index contributed by atoms with van der Waals surface area (Å²) in [7, 11) is 0. The highest BCUT2D eigenvalue weighted by Gasteiger charge is 2.39. The molecule has 5 nitrogen and oxygen atoms in total. The second-order valence-electron chi connectivity index (χ2n) is 8.33. The first-order valence-corrected chi connectivity index (χ1v) is 10.6. The van der Waals surface area contributed by atoms with Gasteiger partial charge in [-0.05, 0) is 62.3 Å². The molecular weight excluding hydrogens is 362 g/mol. The Bertz CT molecular complexity index is 730. The topological polar surface area (TPSA) is 75.4 Å². The Kier molecular flexibility index (Phi) is 5.42. The van der Waals surface area contributed by atoms with Gasteiger partial charge >= 0.3 is 0 Å². The number of carbonyl (C=O) groups is 2. The van der Waals surface area contributed by atoms with Crippen LogP contribution in [-0.4, -0.2) is 28.8 Å². The van der Waals surface area contributed by atoms with Crippen molar-refractivity contribution >= 4 is 29.1 Å². The van der Waals surface area contributed by atoms with Crippen LogP contribution in [0.4, 0.5) is 5.69 Å². The third-order valence-electron chi connectivity index (χ3n) is 5.99. The summed E-state index contributed by atoms with van der Waals surface area (Å²) >= 11 is 6.45. The van der Waals surface area contributed by atoms with Crippen LogP contribution in [0.1, 0.15) is 56.9 Å². The number of hydrogen-bond acceptors (Lipinski definition) is 3. The van der Waals surface area contributed by atoms with Crippen molar-refractivity contribution < 1.29 is 9.59 Å². The largest absolute Gasteiger partial charge is 0.334 e. The molecule has 3 saturated carbocycles. The fourth-order valence-electron chi connectivity index (χ4n) is 4.00. The molecule has 6 heteroatoms. The van der Waals surface area contributed by atoms with E-state index in [0.29, 0.717) is 11.6 Å². The minimum Gasteiger partial charge on any atom is -0.334 e. The molecule has 0 aromatic heterocycles. The molecule has 1 aromatic carbocycles. The quantitative estimate of drug-likeness (QED) is 0.778. The Labute approximate surface area is 165 Å². The summed E-state index contributed by atoms with van der Waals surface area (Å²) in [5, 5.41) is 3.59. The number of halogens is 1. The van der Waals surface area contributed by atoms with Crippen LogP contribution in [0.5, 0.6) is 0 Å². The van der Waals surface area contributed by atoms with Gasteiger partial charge in [-0.2, -0.15) is 0 Å². The lowest BCUT2D eigenvalue weighted by atomic mass is 9.89. The average Bonchev–Trinajstić information content (AvgIpc) is 3.55. The number of hydrogen-bond donors (Lipinski definition) is 2. The maximum absolute atomic E-state index is 13.0. The van der Waals surface area contributed by atoms with E-state index in [1.165, 1.54) is 0 Å². The van der Waals surface area contributed by atoms with E-state index in [1.807, 2.05) is 17.0 Å². The van der Waals surface area contributed by atoms with Gasteiger partial charge in [-0.25, -0.2) is 0 Å². The SMILES string of the molecule is NC1CCCCC1N(Cc1cc(NC(=O)C2CC2)ccc1Cl)C(=O)C1CC1. The highest BCUT2D eigenvalue weighted by Crippen LogP contribution is 2.36. The van der Waals surface area contributed by atoms with Gasteiger partial charge in [-0.1, -0.05) is 24.4 Å². The molecule has 0 heterocycles. The van der Waals surface area contributed by atoms with Crippen molar-refractivity contribution in [1.29, 1.82) is 0 Å². The fraction of sp³-hybridized carbons (Fsp3) is 0.619. The second-order valence-corrected chi connectivity index (χ2v) is 8.73. The standard InChI is InChI=1S/C21H28ClN3O2/c22-17-10-9-16(24-20(26)13-5-6-13)11-15(17)12-25(21(27)14-7-8-14)19-4-2-1-3-18(19)23/h9-11,13-14,18-19H,1-8,12,23H2,(H,24,26). The van der Waals surface area contributed by atoms with Crippen LogP contribution in [0.2, 0.25) is 5.02 Å². The van der Waals surface area contributed by atoms with Crippen molar-refractivity contribution in [2.24, 2.45) is 17.6 Å². The van der Waals surface area contributed by atoms with Gasteiger partial charge in [-0.3, -0.25) is 9.59 Å². The summed E-state index contributed by atoms with van der Waals surface area (Å²) in [6.45, 7) is 0.458. The van der Waals surface area contributed by atoms with Crippen molar-refractivity contribution in [2.75, 3.05) is 5.32 Å². The molecule has 3 aliphatic carbocycles. The molecule has 0 radical (unpaired) electrons. The second kappa shape index (κ2) is 7.80. The van der Waals surface area contributed by atoms with Crippen LogP contribution in [0.15, 0.2) is 18.2 Å². The van der Waals surface area contributed by atoms with E-state index < -0.39 is 0 Å². The molecule has 3 aliphatic rings. The predicted molar refractivity (Wildman–Crippen MR) is 106 cm³/mol. The van der Waals surface area contributed by atoms with E-state index >= 15 is 0 Å².